The van der Waals surface area contributed by atoms with Gasteiger partial charge in [0.1, 0.15) is 11.8 Å². The first-order valence-corrected chi connectivity index (χ1v) is 7.79. The molecule has 7 heteroatoms. The molecule has 0 fully saturated rings. The lowest BCUT2D eigenvalue weighted by molar-refractivity contribution is -0.0182. The number of aromatic nitrogens is 2. The Morgan fingerprint density at radius 1 is 1.38 bits per heavy atom. The van der Waals surface area contributed by atoms with E-state index < -0.39 is 11.3 Å². The van der Waals surface area contributed by atoms with Gasteiger partial charge in [0.15, 0.2) is 0 Å². The van der Waals surface area contributed by atoms with Crippen molar-refractivity contribution in [2.45, 2.75) is 39.9 Å². The molecule has 0 bridgehead atoms. The zero-order valence-electron chi connectivity index (χ0n) is 14.3. The van der Waals surface area contributed by atoms with Crippen LogP contribution in [-0.4, -0.2) is 19.8 Å². The number of nitriles is 1. The number of hydrogen-bond acceptors (Lipinski definition) is 4. The second-order valence-corrected chi connectivity index (χ2v) is 6.91. The van der Waals surface area contributed by atoms with Crippen LogP contribution in [0, 0.1) is 18.3 Å². The molecule has 1 heterocycles. The Labute approximate surface area is 145 Å². The van der Waals surface area contributed by atoms with E-state index >= 15 is 0 Å². The van der Waals surface area contributed by atoms with Crippen molar-refractivity contribution in [3.63, 3.8) is 0 Å². The number of imidazole rings is 1. The van der Waals surface area contributed by atoms with Gasteiger partial charge < -0.3 is 9.84 Å². The van der Waals surface area contributed by atoms with Gasteiger partial charge in [-0.1, -0.05) is 11.6 Å². The summed E-state index contributed by atoms with van der Waals surface area (Å²) in [7, 11) is 1.57. The topological polar surface area (TPSA) is 80.2 Å². The average molecular weight is 350 g/mol. The summed E-state index contributed by atoms with van der Waals surface area (Å²) in [6.07, 6.45) is 0. The smallest absolute Gasteiger partial charge is 0.335 e. The molecule has 1 aromatic carbocycles. The van der Waals surface area contributed by atoms with Crippen molar-refractivity contribution >= 4 is 11.6 Å². The van der Waals surface area contributed by atoms with Gasteiger partial charge in [-0.25, -0.2) is 9.36 Å². The molecule has 6 nitrogen and oxygen atoms in total. The highest BCUT2D eigenvalue weighted by Gasteiger charge is 2.22. The second-order valence-electron chi connectivity index (χ2n) is 6.53. The van der Waals surface area contributed by atoms with Crippen molar-refractivity contribution in [2.75, 3.05) is 0 Å². The van der Waals surface area contributed by atoms with Crippen molar-refractivity contribution in [1.29, 1.82) is 5.26 Å². The molecule has 128 valence electrons. The van der Waals surface area contributed by atoms with Gasteiger partial charge in [0.05, 0.1) is 28.5 Å². The number of hydrogen-bond donors (Lipinski definition) is 1. The Balaban J connectivity index is 2.60. The van der Waals surface area contributed by atoms with Gasteiger partial charge in [0.2, 0.25) is 5.88 Å². The van der Waals surface area contributed by atoms with Gasteiger partial charge in [-0.3, -0.25) is 4.57 Å². The van der Waals surface area contributed by atoms with E-state index in [4.69, 9.17) is 21.6 Å². The SMILES string of the molecule is Cc1c(-n2c(O)c(COC(C)(C)C)n(C)c2=O)ccc(C#N)c1Cl. The van der Waals surface area contributed by atoms with Crippen LogP contribution in [0.5, 0.6) is 5.88 Å². The molecule has 0 aliphatic heterocycles. The first-order valence-electron chi connectivity index (χ1n) is 7.41. The lowest BCUT2D eigenvalue weighted by Crippen LogP contribution is -2.23. The first-order chi connectivity index (χ1) is 11.1. The summed E-state index contributed by atoms with van der Waals surface area (Å²) in [6, 6.07) is 5.11. The fourth-order valence-corrected chi connectivity index (χ4v) is 2.50. The van der Waals surface area contributed by atoms with Crippen molar-refractivity contribution in [2.24, 2.45) is 7.05 Å². The van der Waals surface area contributed by atoms with Crippen molar-refractivity contribution in [3.05, 3.63) is 44.5 Å². The average Bonchev–Trinajstić information content (AvgIpc) is 2.70. The number of ether oxygens (including phenoxy) is 1. The van der Waals surface area contributed by atoms with Crippen molar-refractivity contribution in [3.8, 4) is 17.6 Å². The van der Waals surface area contributed by atoms with Gasteiger partial charge in [0.25, 0.3) is 0 Å². The Bertz CT molecular complexity index is 882. The number of benzene rings is 1. The number of halogens is 1. The van der Waals surface area contributed by atoms with Crippen LogP contribution < -0.4 is 5.69 Å². The molecule has 0 amide bonds. The van der Waals surface area contributed by atoms with E-state index in [1.807, 2.05) is 26.8 Å². The standard InChI is InChI=1S/C17H20ClN3O3/c1-10-12(7-6-11(8-19)14(10)18)21-15(22)13(20(5)16(21)23)9-24-17(2,3)4/h6-7,22H,9H2,1-5H3. The molecular weight excluding hydrogens is 330 g/mol. The molecule has 0 saturated carbocycles. The lowest BCUT2D eigenvalue weighted by Gasteiger charge is -2.19. The van der Waals surface area contributed by atoms with E-state index in [0.29, 0.717) is 22.5 Å². The van der Waals surface area contributed by atoms with Gasteiger partial charge in [-0.05, 0) is 45.4 Å². The van der Waals surface area contributed by atoms with Crippen LogP contribution in [0.15, 0.2) is 16.9 Å². The van der Waals surface area contributed by atoms with Crippen molar-refractivity contribution in [1.82, 2.24) is 9.13 Å². The van der Waals surface area contributed by atoms with Crippen LogP contribution in [0.25, 0.3) is 5.69 Å². The molecule has 0 spiro atoms. The maximum absolute atomic E-state index is 12.6. The zero-order valence-corrected chi connectivity index (χ0v) is 15.1. The summed E-state index contributed by atoms with van der Waals surface area (Å²) < 4.78 is 8.18. The molecule has 0 aliphatic carbocycles. The minimum absolute atomic E-state index is 0.0944. The van der Waals surface area contributed by atoms with Gasteiger partial charge in [-0.2, -0.15) is 5.26 Å². The Kier molecular flexibility index (Phi) is 4.79. The minimum atomic E-state index is -0.413. The van der Waals surface area contributed by atoms with Crippen LogP contribution >= 0.6 is 11.6 Å². The monoisotopic (exact) mass is 349 g/mol. The largest absolute Gasteiger partial charge is 0.493 e. The van der Waals surface area contributed by atoms with Gasteiger partial charge in [0, 0.05) is 7.05 Å². The van der Waals surface area contributed by atoms with Gasteiger partial charge in [-0.15, -0.1) is 0 Å². The third-order valence-corrected chi connectivity index (χ3v) is 4.20. The van der Waals surface area contributed by atoms with E-state index in [2.05, 4.69) is 0 Å². The summed E-state index contributed by atoms with van der Waals surface area (Å²) in [5.41, 5.74) is 0.843. The van der Waals surface area contributed by atoms with E-state index in [0.717, 1.165) is 0 Å². The molecule has 2 aromatic rings. The third-order valence-electron chi connectivity index (χ3n) is 3.71. The highest BCUT2D eigenvalue weighted by atomic mass is 35.5. The van der Waals surface area contributed by atoms with E-state index in [1.54, 1.807) is 20.0 Å². The van der Waals surface area contributed by atoms with Crippen molar-refractivity contribution < 1.29 is 9.84 Å². The van der Waals surface area contributed by atoms with E-state index in [-0.39, 0.29) is 17.5 Å². The highest BCUT2D eigenvalue weighted by Crippen LogP contribution is 2.29. The predicted molar refractivity (Wildman–Crippen MR) is 91.7 cm³/mol. The maximum Gasteiger partial charge on any atom is 0.335 e. The van der Waals surface area contributed by atoms with E-state index in [9.17, 15) is 9.90 Å². The summed E-state index contributed by atoms with van der Waals surface area (Å²) in [6.45, 7) is 7.47. The number of nitrogens with zero attached hydrogens (tertiary/aromatic N) is 3. The van der Waals surface area contributed by atoms with Gasteiger partial charge >= 0.3 is 5.69 Å². The Hall–Kier alpha value is -2.23. The fourth-order valence-electron chi connectivity index (χ4n) is 2.30. The fraction of sp³-hybridized carbons (Fsp3) is 0.412. The summed E-state index contributed by atoms with van der Waals surface area (Å²) in [5, 5.41) is 19.8. The Morgan fingerprint density at radius 2 is 2.00 bits per heavy atom. The first kappa shape index (κ1) is 18.1. The maximum atomic E-state index is 12.6. The summed E-state index contributed by atoms with van der Waals surface area (Å²) in [4.78, 5) is 12.6. The van der Waals surface area contributed by atoms with E-state index in [1.165, 1.54) is 15.2 Å². The predicted octanol–water partition coefficient (Wildman–Crippen LogP) is 3.03. The molecule has 2 rings (SSSR count). The molecule has 0 aliphatic rings. The third kappa shape index (κ3) is 3.18. The zero-order chi connectivity index (χ0) is 18.2. The minimum Gasteiger partial charge on any atom is -0.493 e. The molecular formula is C17H20ClN3O3. The second kappa shape index (κ2) is 6.34. The number of rotatable bonds is 3. The van der Waals surface area contributed by atoms with Crippen LogP contribution in [0.4, 0.5) is 0 Å². The van der Waals surface area contributed by atoms with Crippen LogP contribution in [0.2, 0.25) is 5.02 Å². The van der Waals surface area contributed by atoms with Crippen LogP contribution in [0.1, 0.15) is 37.6 Å². The number of aromatic hydroxyl groups is 1. The molecule has 0 atom stereocenters. The summed E-state index contributed by atoms with van der Waals surface area (Å²) in [5.74, 6) is -0.198. The molecule has 24 heavy (non-hydrogen) atoms. The molecule has 0 unspecified atom stereocenters. The summed E-state index contributed by atoms with van der Waals surface area (Å²) >= 11 is 6.17. The molecule has 0 saturated heterocycles. The van der Waals surface area contributed by atoms with Crippen LogP contribution in [-0.2, 0) is 18.4 Å². The highest BCUT2D eigenvalue weighted by molar-refractivity contribution is 6.32. The normalized spacial score (nSPS) is 11.5. The quantitative estimate of drug-likeness (QED) is 0.923. The molecule has 0 radical (unpaired) electrons. The Morgan fingerprint density at radius 3 is 2.54 bits per heavy atom. The molecule has 1 aromatic heterocycles. The lowest BCUT2D eigenvalue weighted by atomic mass is 10.1. The van der Waals surface area contributed by atoms with Crippen LogP contribution in [0.3, 0.4) is 0 Å². The molecule has 1 N–H and O–H groups in total.